The molecular weight excluding hydrogens is 150 g/mol. The number of aliphatic hydroxyl groups is 1. The van der Waals surface area contributed by atoms with Gasteiger partial charge in [0.05, 0.1) is 6.61 Å². The third-order valence-electron chi connectivity index (χ3n) is 1.65. The van der Waals surface area contributed by atoms with Gasteiger partial charge in [0.2, 0.25) is 0 Å². The standard InChI is InChI=1S/C10H15NO/c12-9-8-11-10-6-4-2-1-3-5-7-10/h1-2,5-7,11-12H,3-4,8-9H2. The maximum absolute atomic E-state index is 8.59. The fourth-order valence-corrected chi connectivity index (χ4v) is 1.06. The van der Waals surface area contributed by atoms with Crippen molar-refractivity contribution < 1.29 is 5.11 Å². The van der Waals surface area contributed by atoms with Crippen LogP contribution in [0.5, 0.6) is 0 Å². The van der Waals surface area contributed by atoms with E-state index < -0.39 is 0 Å². The maximum Gasteiger partial charge on any atom is 0.0604 e. The summed E-state index contributed by atoms with van der Waals surface area (Å²) in [5, 5.41) is 11.7. The Bertz CT molecular complexity index is 204. The van der Waals surface area contributed by atoms with E-state index in [0.29, 0.717) is 6.54 Å². The van der Waals surface area contributed by atoms with Gasteiger partial charge in [-0.3, -0.25) is 0 Å². The van der Waals surface area contributed by atoms with Gasteiger partial charge in [-0.15, -0.1) is 0 Å². The van der Waals surface area contributed by atoms with Crippen LogP contribution in [-0.4, -0.2) is 18.3 Å². The quantitative estimate of drug-likeness (QED) is 0.619. The number of allylic oxidation sites excluding steroid dienone is 5. The van der Waals surface area contributed by atoms with Crippen molar-refractivity contribution in [3.05, 3.63) is 36.1 Å². The molecule has 0 amide bonds. The Balaban J connectivity index is 2.44. The molecule has 1 aliphatic rings. The summed E-state index contributed by atoms with van der Waals surface area (Å²) in [5.74, 6) is 0. The van der Waals surface area contributed by atoms with Gasteiger partial charge in [-0.2, -0.15) is 0 Å². The van der Waals surface area contributed by atoms with Crippen LogP contribution in [0, 0.1) is 0 Å². The Kier molecular flexibility index (Phi) is 4.24. The van der Waals surface area contributed by atoms with Crippen LogP contribution in [0.4, 0.5) is 0 Å². The van der Waals surface area contributed by atoms with Gasteiger partial charge in [0.1, 0.15) is 0 Å². The van der Waals surface area contributed by atoms with Crippen LogP contribution in [0.25, 0.3) is 0 Å². The van der Waals surface area contributed by atoms with E-state index in [1.54, 1.807) is 0 Å². The number of hydrogen-bond donors (Lipinski definition) is 2. The molecule has 0 saturated carbocycles. The summed E-state index contributed by atoms with van der Waals surface area (Å²) in [6.45, 7) is 0.806. The highest BCUT2D eigenvalue weighted by Crippen LogP contribution is 2.02. The molecule has 0 atom stereocenters. The second kappa shape index (κ2) is 5.61. The van der Waals surface area contributed by atoms with Crippen LogP contribution in [0.15, 0.2) is 36.1 Å². The zero-order chi connectivity index (χ0) is 8.65. The van der Waals surface area contributed by atoms with Crippen LogP contribution in [0.2, 0.25) is 0 Å². The van der Waals surface area contributed by atoms with Crippen LogP contribution in [0.1, 0.15) is 12.8 Å². The molecule has 0 unspecified atom stereocenters. The maximum atomic E-state index is 8.59. The first-order valence-corrected chi connectivity index (χ1v) is 4.30. The molecule has 0 fully saturated rings. The second-order valence-corrected chi connectivity index (χ2v) is 2.66. The van der Waals surface area contributed by atoms with Gasteiger partial charge < -0.3 is 10.4 Å². The van der Waals surface area contributed by atoms with Gasteiger partial charge in [0, 0.05) is 12.2 Å². The van der Waals surface area contributed by atoms with Crippen LogP contribution in [0.3, 0.4) is 0 Å². The Morgan fingerprint density at radius 3 is 2.92 bits per heavy atom. The number of aliphatic hydroxyl groups excluding tert-OH is 1. The highest BCUT2D eigenvalue weighted by Gasteiger charge is 1.90. The van der Waals surface area contributed by atoms with Crippen molar-refractivity contribution in [2.45, 2.75) is 12.8 Å². The molecule has 0 aliphatic heterocycles. The molecule has 1 aliphatic carbocycles. The van der Waals surface area contributed by atoms with E-state index in [1.807, 2.05) is 0 Å². The molecular formula is C10H15NO. The smallest absolute Gasteiger partial charge is 0.0604 e. The molecule has 2 N–H and O–H groups in total. The summed E-state index contributed by atoms with van der Waals surface area (Å²) in [5.41, 5.74) is 1.11. The first-order chi connectivity index (χ1) is 5.93. The summed E-state index contributed by atoms with van der Waals surface area (Å²) in [7, 11) is 0. The molecule has 0 spiro atoms. The van der Waals surface area contributed by atoms with E-state index in [4.69, 9.17) is 5.11 Å². The molecule has 0 heterocycles. The summed E-state index contributed by atoms with van der Waals surface area (Å²) >= 11 is 0. The van der Waals surface area contributed by atoms with E-state index >= 15 is 0 Å². The lowest BCUT2D eigenvalue weighted by molar-refractivity contribution is 0.297. The first-order valence-electron chi connectivity index (χ1n) is 4.30. The summed E-state index contributed by atoms with van der Waals surface area (Å²) < 4.78 is 0. The summed E-state index contributed by atoms with van der Waals surface area (Å²) in [6, 6.07) is 0. The Hall–Kier alpha value is -1.02. The third kappa shape index (κ3) is 3.39. The van der Waals surface area contributed by atoms with Crippen molar-refractivity contribution in [3.8, 4) is 0 Å². The van der Waals surface area contributed by atoms with Gasteiger partial charge in [-0.25, -0.2) is 0 Å². The lowest BCUT2D eigenvalue weighted by atomic mass is 10.2. The zero-order valence-corrected chi connectivity index (χ0v) is 7.16. The summed E-state index contributed by atoms with van der Waals surface area (Å²) in [6.07, 6.45) is 12.5. The van der Waals surface area contributed by atoms with E-state index in [-0.39, 0.29) is 6.61 Å². The minimum atomic E-state index is 0.182. The van der Waals surface area contributed by atoms with E-state index in [0.717, 1.165) is 18.5 Å². The first kappa shape index (κ1) is 9.07. The van der Waals surface area contributed by atoms with Gasteiger partial charge in [0.25, 0.3) is 0 Å². The molecule has 0 saturated heterocycles. The van der Waals surface area contributed by atoms with Crippen molar-refractivity contribution in [3.63, 3.8) is 0 Å². The van der Waals surface area contributed by atoms with Gasteiger partial charge in [-0.05, 0) is 18.9 Å². The second-order valence-electron chi connectivity index (χ2n) is 2.66. The fourth-order valence-electron chi connectivity index (χ4n) is 1.06. The largest absolute Gasteiger partial charge is 0.395 e. The number of hydrogen-bond acceptors (Lipinski definition) is 2. The van der Waals surface area contributed by atoms with Crippen LogP contribution < -0.4 is 5.32 Å². The third-order valence-corrected chi connectivity index (χ3v) is 1.65. The van der Waals surface area contributed by atoms with E-state index in [1.165, 1.54) is 0 Å². The normalized spacial score (nSPS) is 16.6. The monoisotopic (exact) mass is 165 g/mol. The average Bonchev–Trinajstić information content (AvgIpc) is 2.02. The van der Waals surface area contributed by atoms with Gasteiger partial charge >= 0.3 is 0 Å². The predicted octanol–water partition coefficient (Wildman–Crippen LogP) is 1.36. The van der Waals surface area contributed by atoms with Crippen molar-refractivity contribution in [2.24, 2.45) is 0 Å². The van der Waals surface area contributed by atoms with Crippen molar-refractivity contribution >= 4 is 0 Å². The molecule has 2 nitrogen and oxygen atoms in total. The van der Waals surface area contributed by atoms with Gasteiger partial charge in [-0.1, -0.05) is 24.3 Å². The molecule has 0 aromatic heterocycles. The Morgan fingerprint density at radius 1 is 1.25 bits per heavy atom. The van der Waals surface area contributed by atoms with Crippen molar-refractivity contribution in [1.82, 2.24) is 5.32 Å². The minimum absolute atomic E-state index is 0.182. The van der Waals surface area contributed by atoms with E-state index in [9.17, 15) is 0 Å². The Labute approximate surface area is 73.3 Å². The fraction of sp³-hybridized carbons (Fsp3) is 0.400. The highest BCUT2D eigenvalue weighted by atomic mass is 16.3. The Morgan fingerprint density at radius 2 is 2.08 bits per heavy atom. The molecule has 2 heteroatoms. The molecule has 0 aromatic rings. The molecule has 0 aromatic carbocycles. The SMILES string of the molecule is OCCNC1=CCC=CCC=C1. The molecule has 0 radical (unpaired) electrons. The predicted molar refractivity (Wildman–Crippen MR) is 50.7 cm³/mol. The van der Waals surface area contributed by atoms with Crippen molar-refractivity contribution in [2.75, 3.05) is 13.2 Å². The van der Waals surface area contributed by atoms with Crippen molar-refractivity contribution in [1.29, 1.82) is 0 Å². The molecule has 12 heavy (non-hydrogen) atoms. The molecule has 0 bridgehead atoms. The average molecular weight is 165 g/mol. The van der Waals surface area contributed by atoms with Crippen LogP contribution in [-0.2, 0) is 0 Å². The molecule has 1 rings (SSSR count). The number of nitrogens with one attached hydrogen (secondary N) is 1. The van der Waals surface area contributed by atoms with Crippen LogP contribution >= 0.6 is 0 Å². The topological polar surface area (TPSA) is 32.3 Å². The highest BCUT2D eigenvalue weighted by molar-refractivity contribution is 5.20. The summed E-state index contributed by atoms with van der Waals surface area (Å²) in [4.78, 5) is 0. The minimum Gasteiger partial charge on any atom is -0.395 e. The lowest BCUT2D eigenvalue weighted by Gasteiger charge is -2.05. The van der Waals surface area contributed by atoms with E-state index in [2.05, 4.69) is 35.7 Å². The molecule has 66 valence electrons. The lowest BCUT2D eigenvalue weighted by Crippen LogP contribution is -2.16. The number of rotatable bonds is 3. The zero-order valence-electron chi connectivity index (χ0n) is 7.16. The van der Waals surface area contributed by atoms with Gasteiger partial charge in [0.15, 0.2) is 0 Å².